The molecule has 2 aromatic rings. The maximum absolute atomic E-state index is 13.7. The van der Waals surface area contributed by atoms with Crippen LogP contribution in [0.5, 0.6) is 0 Å². The van der Waals surface area contributed by atoms with Crippen molar-refractivity contribution in [2.75, 3.05) is 0 Å². The average molecular weight is 374 g/mol. The zero-order valence-electron chi connectivity index (χ0n) is 12.1. The Morgan fingerprint density at radius 1 is 1.38 bits per heavy atom. The van der Waals surface area contributed by atoms with Crippen LogP contribution in [0.25, 0.3) is 11.0 Å². The lowest BCUT2D eigenvalue weighted by molar-refractivity contribution is 0.238. The fraction of sp³-hybridized carbons (Fsp3) is 0.562. The van der Waals surface area contributed by atoms with E-state index in [4.69, 9.17) is 11.6 Å². The van der Waals surface area contributed by atoms with Gasteiger partial charge in [0.25, 0.3) is 0 Å². The van der Waals surface area contributed by atoms with Crippen molar-refractivity contribution in [3.8, 4) is 0 Å². The molecule has 2 nitrogen and oxygen atoms in total. The lowest BCUT2D eigenvalue weighted by Crippen LogP contribution is -2.23. The molecular formula is C16H19BrClFN2. The first-order valence-corrected chi connectivity index (χ1v) is 8.81. The molecule has 1 aliphatic rings. The quantitative estimate of drug-likeness (QED) is 0.633. The summed E-state index contributed by atoms with van der Waals surface area (Å²) in [4.78, 5) is 4.51. The van der Waals surface area contributed by atoms with E-state index in [0.29, 0.717) is 21.3 Å². The highest BCUT2D eigenvalue weighted by molar-refractivity contribution is 9.10. The summed E-state index contributed by atoms with van der Waals surface area (Å²) in [6.45, 7) is 3.19. The molecule has 1 saturated carbocycles. The van der Waals surface area contributed by atoms with Crippen LogP contribution in [0.3, 0.4) is 0 Å². The minimum Gasteiger partial charge on any atom is -0.326 e. The van der Waals surface area contributed by atoms with E-state index >= 15 is 0 Å². The van der Waals surface area contributed by atoms with Gasteiger partial charge in [0.2, 0.25) is 0 Å². The number of imidazole rings is 1. The zero-order valence-corrected chi connectivity index (χ0v) is 14.5. The lowest BCUT2D eigenvalue weighted by Gasteiger charge is -2.29. The number of benzene rings is 1. The van der Waals surface area contributed by atoms with Crippen molar-refractivity contribution in [2.24, 2.45) is 5.41 Å². The summed E-state index contributed by atoms with van der Waals surface area (Å²) in [7, 11) is 0. The van der Waals surface area contributed by atoms with Crippen molar-refractivity contribution in [1.29, 1.82) is 0 Å². The van der Waals surface area contributed by atoms with Gasteiger partial charge in [-0.25, -0.2) is 9.37 Å². The highest BCUT2D eigenvalue weighted by atomic mass is 79.9. The highest BCUT2D eigenvalue weighted by Gasteiger charge is 2.33. The number of fused-ring (bicyclic) bond motifs is 1. The summed E-state index contributed by atoms with van der Waals surface area (Å²) in [6.07, 6.45) is 6.28. The molecule has 0 radical (unpaired) electrons. The molecule has 0 amide bonds. The molecule has 0 N–H and O–H groups in total. The fourth-order valence-electron chi connectivity index (χ4n) is 3.53. The molecular weight excluding hydrogens is 355 g/mol. The first-order valence-electron chi connectivity index (χ1n) is 7.49. The molecule has 1 aliphatic carbocycles. The third-order valence-electron chi connectivity index (χ3n) is 4.90. The summed E-state index contributed by atoms with van der Waals surface area (Å²) >= 11 is 9.34. The standard InChI is InChI=1S/C16H19BrClFN2/c1-2-16(5-3-4-6-16)10-21-14-7-11(17)12(19)8-13(14)20-15(21)9-18/h7-8H,2-6,9-10H2,1H3. The van der Waals surface area contributed by atoms with Crippen LogP contribution in [0.15, 0.2) is 16.6 Å². The van der Waals surface area contributed by atoms with E-state index in [0.717, 1.165) is 24.3 Å². The third-order valence-corrected chi connectivity index (χ3v) is 5.74. The number of rotatable bonds is 4. The first-order chi connectivity index (χ1) is 10.1. The van der Waals surface area contributed by atoms with Gasteiger partial charge in [-0.2, -0.15) is 0 Å². The second kappa shape index (κ2) is 5.88. The summed E-state index contributed by atoms with van der Waals surface area (Å²) in [5, 5.41) is 0. The van der Waals surface area contributed by atoms with Gasteiger partial charge < -0.3 is 4.57 Å². The number of alkyl halides is 1. The van der Waals surface area contributed by atoms with Gasteiger partial charge in [-0.05, 0) is 46.7 Å². The van der Waals surface area contributed by atoms with E-state index < -0.39 is 0 Å². The Morgan fingerprint density at radius 3 is 2.71 bits per heavy atom. The van der Waals surface area contributed by atoms with Crippen LogP contribution < -0.4 is 0 Å². The van der Waals surface area contributed by atoms with Crippen molar-refractivity contribution in [1.82, 2.24) is 9.55 Å². The van der Waals surface area contributed by atoms with Crippen LogP contribution in [0, 0.1) is 11.2 Å². The number of hydrogen-bond donors (Lipinski definition) is 0. The van der Waals surface area contributed by atoms with Gasteiger partial charge in [0, 0.05) is 12.6 Å². The maximum Gasteiger partial charge on any atom is 0.139 e. The molecule has 1 aromatic carbocycles. The number of halogens is 3. The highest BCUT2D eigenvalue weighted by Crippen LogP contribution is 2.43. The van der Waals surface area contributed by atoms with Crippen LogP contribution in [-0.4, -0.2) is 9.55 Å². The smallest absolute Gasteiger partial charge is 0.139 e. The van der Waals surface area contributed by atoms with Crippen molar-refractivity contribution in [2.45, 2.75) is 51.5 Å². The van der Waals surface area contributed by atoms with Crippen molar-refractivity contribution >= 4 is 38.6 Å². The summed E-state index contributed by atoms with van der Waals surface area (Å²) in [5.41, 5.74) is 2.00. The van der Waals surface area contributed by atoms with Gasteiger partial charge in [-0.1, -0.05) is 19.8 Å². The zero-order chi connectivity index (χ0) is 15.0. The number of nitrogens with zero attached hydrogens (tertiary/aromatic N) is 2. The van der Waals surface area contributed by atoms with E-state index in [2.05, 4.69) is 32.4 Å². The van der Waals surface area contributed by atoms with Gasteiger partial charge in [0.1, 0.15) is 11.6 Å². The molecule has 1 fully saturated rings. The Kier molecular flexibility index (Phi) is 4.28. The lowest BCUT2D eigenvalue weighted by atomic mass is 9.83. The number of aromatic nitrogens is 2. The third kappa shape index (κ3) is 2.72. The van der Waals surface area contributed by atoms with E-state index in [1.54, 1.807) is 0 Å². The molecule has 1 heterocycles. The molecule has 0 spiro atoms. The second-order valence-corrected chi connectivity index (χ2v) is 7.19. The van der Waals surface area contributed by atoms with Gasteiger partial charge in [-0.3, -0.25) is 0 Å². The molecule has 3 rings (SSSR count). The Bertz CT molecular complexity index is 662. The van der Waals surface area contributed by atoms with E-state index in [-0.39, 0.29) is 5.82 Å². The SMILES string of the molecule is CCC1(Cn2c(CCl)nc3cc(F)c(Br)cc32)CCCC1. The average Bonchev–Trinajstić information content (AvgIpc) is 3.07. The summed E-state index contributed by atoms with van der Waals surface area (Å²) in [5.74, 6) is 0.913. The molecule has 5 heteroatoms. The molecule has 0 bridgehead atoms. The predicted molar refractivity (Wildman–Crippen MR) is 88.1 cm³/mol. The van der Waals surface area contributed by atoms with Crippen molar-refractivity contribution in [3.05, 3.63) is 28.2 Å². The van der Waals surface area contributed by atoms with Crippen LogP contribution in [0.2, 0.25) is 0 Å². The van der Waals surface area contributed by atoms with E-state index in [9.17, 15) is 4.39 Å². The Labute approximate surface area is 137 Å². The van der Waals surface area contributed by atoms with Crippen LogP contribution in [0.4, 0.5) is 4.39 Å². The van der Waals surface area contributed by atoms with Crippen molar-refractivity contribution < 1.29 is 4.39 Å². The Hall–Kier alpha value is -0.610. The maximum atomic E-state index is 13.7. The second-order valence-electron chi connectivity index (χ2n) is 6.06. The van der Waals surface area contributed by atoms with E-state index in [1.165, 1.54) is 31.7 Å². The van der Waals surface area contributed by atoms with Crippen LogP contribution in [-0.2, 0) is 12.4 Å². The van der Waals surface area contributed by atoms with Gasteiger partial charge in [-0.15, -0.1) is 11.6 Å². The normalized spacial score (nSPS) is 17.7. The summed E-state index contributed by atoms with van der Waals surface area (Å²) < 4.78 is 16.4. The Balaban J connectivity index is 2.09. The summed E-state index contributed by atoms with van der Waals surface area (Å²) in [6, 6.07) is 3.31. The molecule has 0 unspecified atom stereocenters. The first kappa shape index (κ1) is 15.3. The van der Waals surface area contributed by atoms with Gasteiger partial charge >= 0.3 is 0 Å². The fourth-order valence-corrected chi connectivity index (χ4v) is 4.07. The van der Waals surface area contributed by atoms with Crippen molar-refractivity contribution in [3.63, 3.8) is 0 Å². The predicted octanol–water partition coefficient (Wildman–Crippen LogP) is 5.65. The minimum absolute atomic E-state index is 0.278. The van der Waals surface area contributed by atoms with Gasteiger partial charge in [0.15, 0.2) is 0 Å². The molecule has 0 aliphatic heterocycles. The monoisotopic (exact) mass is 372 g/mol. The van der Waals surface area contributed by atoms with Crippen LogP contribution in [0.1, 0.15) is 44.9 Å². The Morgan fingerprint density at radius 2 is 2.10 bits per heavy atom. The largest absolute Gasteiger partial charge is 0.326 e. The molecule has 1 aromatic heterocycles. The van der Waals surface area contributed by atoms with Gasteiger partial charge in [0.05, 0.1) is 21.4 Å². The van der Waals surface area contributed by atoms with Crippen LogP contribution >= 0.6 is 27.5 Å². The van der Waals surface area contributed by atoms with E-state index in [1.807, 2.05) is 6.07 Å². The molecule has 114 valence electrons. The molecule has 0 atom stereocenters. The molecule has 21 heavy (non-hydrogen) atoms. The number of hydrogen-bond acceptors (Lipinski definition) is 1. The minimum atomic E-state index is -0.278. The molecule has 0 saturated heterocycles. The topological polar surface area (TPSA) is 17.8 Å².